The quantitative estimate of drug-likeness (QED) is 0.0726. The molecular weight excluding hydrogens is 867 g/mol. The summed E-state index contributed by atoms with van der Waals surface area (Å²) >= 11 is 0. The second-order valence-corrected chi connectivity index (χ2v) is 23.5. The summed E-state index contributed by atoms with van der Waals surface area (Å²) in [4.78, 5) is 56.4. The van der Waals surface area contributed by atoms with Crippen molar-refractivity contribution >= 4 is 118 Å². The van der Waals surface area contributed by atoms with Crippen molar-refractivity contribution in [1.29, 1.82) is 0 Å². The van der Waals surface area contributed by atoms with Crippen molar-refractivity contribution in [2.45, 2.75) is 42.5 Å². The van der Waals surface area contributed by atoms with Crippen LogP contribution in [0.15, 0.2) is 88.3 Å². The number of hydrogen-bond donors (Lipinski definition) is 4. The van der Waals surface area contributed by atoms with Gasteiger partial charge in [-0.3, -0.25) is 29.1 Å². The highest BCUT2D eigenvalue weighted by molar-refractivity contribution is 9.06. The molecule has 0 aliphatic heterocycles. The van der Waals surface area contributed by atoms with Crippen molar-refractivity contribution < 1.29 is 27.6 Å². The second-order valence-electron chi connectivity index (χ2n) is 9.78. The fraction of sp³-hybridized carbons (Fsp3) is 0.406. The van der Waals surface area contributed by atoms with Gasteiger partial charge in [0.2, 0.25) is 32.5 Å². The first-order valence-electron chi connectivity index (χ1n) is 15.9. The predicted molar refractivity (Wildman–Crippen MR) is 237 cm³/mol. The van der Waals surface area contributed by atoms with Crippen molar-refractivity contribution in [3.8, 4) is 0 Å². The molecule has 0 aliphatic carbocycles. The highest BCUT2D eigenvalue weighted by Crippen LogP contribution is 2.30. The monoisotopic (exact) mass is 913 g/mol. The van der Waals surface area contributed by atoms with Crippen LogP contribution in [0, 0.1) is 0 Å². The molecule has 0 unspecified atom stereocenters. The van der Waals surface area contributed by atoms with Gasteiger partial charge in [-0.2, -0.15) is 0 Å². The smallest absolute Gasteiger partial charge is 0.216 e. The molecular formula is C32H47N7O6S9. The average Bonchev–Trinajstić information content (AvgIpc) is 3.12. The van der Waals surface area contributed by atoms with E-state index in [2.05, 4.69) is 36.2 Å². The zero-order valence-corrected chi connectivity index (χ0v) is 37.9. The number of carbonyl (C=O) groups excluding carboxylic acids is 4. The molecule has 0 atom stereocenters. The number of pyridine rings is 3. The number of hydrogen-bond acceptors (Lipinski definition) is 17. The average molecular weight is 914 g/mol. The molecule has 0 bridgehead atoms. The Hall–Kier alpha value is -1.92. The fourth-order valence-electron chi connectivity index (χ4n) is 2.70. The molecule has 13 nitrogen and oxygen atoms in total. The highest BCUT2D eigenvalue weighted by atomic mass is 33.5. The Morgan fingerprint density at radius 3 is 1.46 bits per heavy atom. The summed E-state index contributed by atoms with van der Waals surface area (Å²) in [5.74, 6) is 3.27. The van der Waals surface area contributed by atoms with Gasteiger partial charge in [0.25, 0.3) is 0 Å². The zero-order chi connectivity index (χ0) is 40.3. The summed E-state index contributed by atoms with van der Waals surface area (Å²) in [6, 6.07) is 13.7. The molecule has 3 aromatic heterocycles. The van der Waals surface area contributed by atoms with E-state index in [4.69, 9.17) is 0 Å². The lowest BCUT2D eigenvalue weighted by Gasteiger charge is -2.01. The van der Waals surface area contributed by atoms with Crippen molar-refractivity contribution in [3.05, 3.63) is 73.4 Å². The molecule has 0 aliphatic rings. The zero-order valence-electron chi connectivity index (χ0n) is 30.6. The number of nitrogens with one attached hydrogen (secondary N) is 4. The molecule has 54 heavy (non-hydrogen) atoms. The van der Waals surface area contributed by atoms with Crippen LogP contribution in [0.5, 0.6) is 0 Å². The SMILES string of the molecule is CC(=O)NCCSSS(C)(=O)=O.CC(=O)NCCSSc1ccccn1.CC(=O)NCCSSc1cccnc1.CC(=O)NCCSSc1ccncc1. The third-order valence-electron chi connectivity index (χ3n) is 4.79. The maximum atomic E-state index is 10.6. The standard InChI is InChI=1S/3C9H12N2OS2.C5H11NO3S3/c1-8(12)11-6-7-13-14-9-2-4-10-5-3-9;1-8(12)11-5-6-13-14-9-3-2-4-10-7-9;1-8(12)10-6-7-13-14-9-4-2-3-5-11-9;1-5(7)6-3-4-10-11-12(2,8)9/h2-5H,6-7H2,1H3,(H,11,12);2-4,7H,5-6H2,1H3,(H,11,12);2-5H,6-7H2,1H3,(H,10,12);3-4H2,1-2H3,(H,6,7). The minimum absolute atomic E-state index is 0.0217. The number of aromatic nitrogens is 3. The van der Waals surface area contributed by atoms with Crippen LogP contribution in [-0.2, 0) is 28.0 Å². The van der Waals surface area contributed by atoms with Gasteiger partial charge in [-0.25, -0.2) is 13.4 Å². The van der Waals surface area contributed by atoms with Gasteiger partial charge in [0.15, 0.2) is 0 Å². The predicted octanol–water partition coefficient (Wildman–Crippen LogP) is 6.34. The lowest BCUT2D eigenvalue weighted by molar-refractivity contribution is -0.119. The van der Waals surface area contributed by atoms with E-state index in [9.17, 15) is 27.6 Å². The minimum atomic E-state index is -2.96. The molecule has 0 spiro atoms. The van der Waals surface area contributed by atoms with Crippen LogP contribution in [0.25, 0.3) is 0 Å². The Morgan fingerprint density at radius 1 is 0.556 bits per heavy atom. The third-order valence-corrected chi connectivity index (χ3v) is 17.1. The van der Waals surface area contributed by atoms with Crippen LogP contribution >= 0.6 is 85.4 Å². The first-order valence-corrected chi connectivity index (χ1v) is 27.5. The minimum Gasteiger partial charge on any atom is -0.355 e. The Bertz CT molecular complexity index is 1400. The van der Waals surface area contributed by atoms with E-state index in [-0.39, 0.29) is 23.6 Å². The van der Waals surface area contributed by atoms with Crippen molar-refractivity contribution in [2.24, 2.45) is 0 Å². The molecule has 0 saturated carbocycles. The van der Waals surface area contributed by atoms with Gasteiger partial charge in [0.1, 0.15) is 5.03 Å². The first-order chi connectivity index (χ1) is 25.8. The van der Waals surface area contributed by atoms with Crippen LogP contribution in [-0.4, -0.2) is 102 Å². The summed E-state index contributed by atoms with van der Waals surface area (Å²) in [6.07, 6.45) is 10.1. The topological polar surface area (TPSA) is 189 Å². The van der Waals surface area contributed by atoms with E-state index in [0.29, 0.717) is 25.4 Å². The van der Waals surface area contributed by atoms with Gasteiger partial charge < -0.3 is 21.3 Å². The Morgan fingerprint density at radius 2 is 1.04 bits per heavy atom. The number of nitrogens with zero attached hydrogens (tertiary/aromatic N) is 3. The lowest BCUT2D eigenvalue weighted by atomic mass is 10.5. The van der Waals surface area contributed by atoms with Crippen molar-refractivity contribution in [2.75, 3.05) is 55.4 Å². The van der Waals surface area contributed by atoms with Crippen LogP contribution in [0.2, 0.25) is 0 Å². The van der Waals surface area contributed by atoms with Crippen molar-refractivity contribution in [1.82, 2.24) is 36.2 Å². The summed E-state index contributed by atoms with van der Waals surface area (Å²) < 4.78 is 21.2. The Kier molecular flexibility index (Phi) is 34.2. The molecule has 3 aromatic rings. The number of amides is 4. The number of carbonyl (C=O) groups is 4. The van der Waals surface area contributed by atoms with Crippen LogP contribution < -0.4 is 21.3 Å². The summed E-state index contributed by atoms with van der Waals surface area (Å²) in [6.45, 7) is 8.65. The largest absolute Gasteiger partial charge is 0.355 e. The normalized spacial score (nSPS) is 10.1. The maximum Gasteiger partial charge on any atom is 0.216 e. The van der Waals surface area contributed by atoms with E-state index in [1.165, 1.54) is 43.4 Å². The fourth-order valence-corrected chi connectivity index (χ4v) is 11.8. The lowest BCUT2D eigenvalue weighted by Crippen LogP contribution is -2.22. The van der Waals surface area contributed by atoms with Crippen LogP contribution in [0.1, 0.15) is 27.7 Å². The summed E-state index contributed by atoms with van der Waals surface area (Å²) in [5.41, 5.74) is 0. The van der Waals surface area contributed by atoms with Gasteiger partial charge in [-0.05, 0) is 47.2 Å². The van der Waals surface area contributed by atoms with E-state index in [0.717, 1.165) is 49.8 Å². The van der Waals surface area contributed by atoms with E-state index in [1.54, 1.807) is 89.6 Å². The second kappa shape index (κ2) is 35.5. The highest BCUT2D eigenvalue weighted by Gasteiger charge is 2.02. The van der Waals surface area contributed by atoms with Crippen LogP contribution in [0.4, 0.5) is 0 Å². The van der Waals surface area contributed by atoms with Gasteiger partial charge >= 0.3 is 0 Å². The van der Waals surface area contributed by atoms with Crippen LogP contribution in [0.3, 0.4) is 0 Å². The Labute approximate surface area is 350 Å². The molecule has 4 amide bonds. The third kappa shape index (κ3) is 39.8. The molecule has 0 fully saturated rings. The van der Waals surface area contributed by atoms with E-state index >= 15 is 0 Å². The molecule has 300 valence electrons. The van der Waals surface area contributed by atoms with Gasteiger partial charge in [0.05, 0.1) is 0 Å². The first kappa shape index (κ1) is 52.1. The molecule has 0 radical (unpaired) electrons. The molecule has 0 aromatic carbocycles. The summed E-state index contributed by atoms with van der Waals surface area (Å²) in [5, 5.41) is 11.8. The Balaban J connectivity index is 0.000000695. The van der Waals surface area contributed by atoms with Gasteiger partial charge in [-0.15, -0.1) is 0 Å². The maximum absolute atomic E-state index is 10.6. The molecule has 3 rings (SSSR count). The van der Waals surface area contributed by atoms with Gasteiger partial charge in [-0.1, -0.05) is 70.8 Å². The summed E-state index contributed by atoms with van der Waals surface area (Å²) in [7, 11) is 9.20. The molecule has 4 N–H and O–H groups in total. The molecule has 22 heteroatoms. The molecule has 3 heterocycles. The number of rotatable bonds is 20. The van der Waals surface area contributed by atoms with E-state index in [1.807, 2.05) is 48.7 Å². The molecule has 0 saturated heterocycles. The van der Waals surface area contributed by atoms with Crippen molar-refractivity contribution in [3.63, 3.8) is 0 Å². The van der Waals surface area contributed by atoms with Gasteiger partial charge in [0, 0.05) is 134 Å². The van der Waals surface area contributed by atoms with E-state index < -0.39 is 8.87 Å².